The van der Waals surface area contributed by atoms with Crippen molar-refractivity contribution in [3.63, 3.8) is 0 Å². The molecular formula is C30H30BrN3O8. The number of nitrogens with zero attached hydrogens (tertiary/aromatic N) is 2. The topological polar surface area (TPSA) is 179 Å². The van der Waals surface area contributed by atoms with Crippen molar-refractivity contribution in [2.24, 2.45) is 5.73 Å². The molecule has 3 aromatic carbocycles. The first-order valence-electron chi connectivity index (χ1n) is 12.8. The average Bonchev–Trinajstić information content (AvgIpc) is 2.94. The van der Waals surface area contributed by atoms with Crippen molar-refractivity contribution in [2.45, 2.75) is 38.8 Å². The molecule has 0 fully saturated rings. The minimum absolute atomic E-state index is 0.0209. The number of rotatable bonds is 10. The van der Waals surface area contributed by atoms with Crippen LogP contribution in [0.5, 0.6) is 0 Å². The van der Waals surface area contributed by atoms with E-state index < -0.39 is 41.7 Å². The second-order valence-electron chi connectivity index (χ2n) is 9.47. The predicted octanol–water partition coefficient (Wildman–Crippen LogP) is 3.44. The lowest BCUT2D eigenvalue weighted by atomic mass is 9.98. The Morgan fingerprint density at radius 1 is 0.929 bits per heavy atom. The van der Waals surface area contributed by atoms with Crippen LogP contribution in [0.25, 0.3) is 0 Å². The summed E-state index contributed by atoms with van der Waals surface area (Å²) in [7, 11) is 0. The summed E-state index contributed by atoms with van der Waals surface area (Å²) in [4.78, 5) is 64.1. The number of aliphatic hydroxyl groups is 1. The van der Waals surface area contributed by atoms with E-state index in [1.807, 2.05) is 0 Å². The maximum atomic E-state index is 13.4. The van der Waals surface area contributed by atoms with Crippen LogP contribution in [0.4, 0.5) is 11.4 Å². The number of aromatic carboxylic acids is 1. The first-order valence-corrected chi connectivity index (χ1v) is 13.6. The highest BCUT2D eigenvalue weighted by atomic mass is 79.9. The molecule has 0 spiro atoms. The van der Waals surface area contributed by atoms with Crippen LogP contribution in [0.2, 0.25) is 0 Å². The van der Waals surface area contributed by atoms with Gasteiger partial charge in [-0.1, -0.05) is 52.3 Å². The molecule has 3 rings (SSSR count). The van der Waals surface area contributed by atoms with Crippen molar-refractivity contribution in [1.29, 1.82) is 0 Å². The Balaban J connectivity index is 1.98. The van der Waals surface area contributed by atoms with Gasteiger partial charge in [0.1, 0.15) is 0 Å². The molecule has 0 unspecified atom stereocenters. The number of carbonyl (C=O) groups excluding carboxylic acids is 3. The molecule has 0 aromatic heterocycles. The highest BCUT2D eigenvalue weighted by molar-refractivity contribution is 9.10. The molecule has 11 nitrogen and oxygen atoms in total. The molecule has 220 valence electrons. The van der Waals surface area contributed by atoms with E-state index in [9.17, 15) is 39.3 Å². The fraction of sp³-hybridized carbons (Fsp3) is 0.233. The zero-order valence-corrected chi connectivity index (χ0v) is 24.4. The molecule has 3 aromatic rings. The van der Waals surface area contributed by atoms with Gasteiger partial charge in [-0.3, -0.25) is 24.2 Å². The number of anilines is 2. The molecule has 3 amide bonds. The van der Waals surface area contributed by atoms with E-state index in [0.717, 1.165) is 19.8 Å². The summed E-state index contributed by atoms with van der Waals surface area (Å²) < 4.78 is 0.841. The first-order chi connectivity index (χ1) is 19.9. The average molecular weight is 640 g/mol. The van der Waals surface area contributed by atoms with E-state index in [4.69, 9.17) is 5.73 Å². The minimum atomic E-state index is -1.81. The zero-order valence-electron chi connectivity index (χ0n) is 22.9. The number of carboxylic acids is 2. The van der Waals surface area contributed by atoms with Crippen LogP contribution < -0.4 is 10.6 Å². The number of carbonyl (C=O) groups is 5. The van der Waals surface area contributed by atoms with Gasteiger partial charge in [0.05, 0.1) is 29.0 Å². The molecule has 0 aliphatic rings. The van der Waals surface area contributed by atoms with Crippen LogP contribution in [0.1, 0.15) is 46.9 Å². The lowest BCUT2D eigenvalue weighted by Gasteiger charge is -2.29. The van der Waals surface area contributed by atoms with Gasteiger partial charge in [-0.15, -0.1) is 0 Å². The number of aliphatic hydroxyl groups excluding tert-OH is 1. The quantitative estimate of drug-likeness (QED) is 0.242. The van der Waals surface area contributed by atoms with Crippen molar-refractivity contribution < 1.29 is 39.3 Å². The van der Waals surface area contributed by atoms with Gasteiger partial charge in [0.25, 0.3) is 0 Å². The third-order valence-electron chi connectivity index (χ3n) is 6.62. The fourth-order valence-corrected chi connectivity index (χ4v) is 4.89. The summed E-state index contributed by atoms with van der Waals surface area (Å²) in [6.07, 6.45) is -0.0435. The Hall–Kier alpha value is -4.39. The molecule has 0 heterocycles. The molecular weight excluding hydrogens is 610 g/mol. The normalized spacial score (nSPS) is 12.2. The van der Waals surface area contributed by atoms with Crippen LogP contribution in [-0.2, 0) is 32.0 Å². The Morgan fingerprint density at radius 2 is 1.57 bits per heavy atom. The highest BCUT2D eigenvalue weighted by Crippen LogP contribution is 2.33. The van der Waals surface area contributed by atoms with Gasteiger partial charge in [0.15, 0.2) is 0 Å². The number of aliphatic carboxylic acids is 1. The zero-order chi connectivity index (χ0) is 31.1. The van der Waals surface area contributed by atoms with E-state index in [-0.39, 0.29) is 36.4 Å². The van der Waals surface area contributed by atoms with Crippen LogP contribution in [-0.4, -0.2) is 62.5 Å². The second-order valence-corrected chi connectivity index (χ2v) is 10.4. The summed E-state index contributed by atoms with van der Waals surface area (Å²) in [5.74, 6) is -5.68. The van der Waals surface area contributed by atoms with Crippen molar-refractivity contribution in [1.82, 2.24) is 4.90 Å². The van der Waals surface area contributed by atoms with Crippen molar-refractivity contribution in [3.05, 3.63) is 93.5 Å². The van der Waals surface area contributed by atoms with Crippen molar-refractivity contribution in [2.75, 3.05) is 11.5 Å². The number of nitrogens with two attached hydrogens (primary N) is 1. The third kappa shape index (κ3) is 7.27. The number of amides is 3. The van der Waals surface area contributed by atoms with Gasteiger partial charge in [-0.05, 0) is 66.8 Å². The number of para-hydroxylation sites is 1. The van der Waals surface area contributed by atoms with Crippen LogP contribution in [0, 0.1) is 0 Å². The molecule has 0 aliphatic heterocycles. The monoisotopic (exact) mass is 639 g/mol. The van der Waals surface area contributed by atoms with E-state index in [2.05, 4.69) is 15.9 Å². The number of benzene rings is 3. The van der Waals surface area contributed by atoms with Gasteiger partial charge in [-0.25, -0.2) is 9.59 Å². The predicted molar refractivity (Wildman–Crippen MR) is 157 cm³/mol. The van der Waals surface area contributed by atoms with Crippen molar-refractivity contribution >= 4 is 57.0 Å². The Labute approximate surface area is 250 Å². The lowest BCUT2D eigenvalue weighted by Crippen LogP contribution is -2.48. The Kier molecular flexibility index (Phi) is 10.7. The maximum absolute atomic E-state index is 13.4. The highest BCUT2D eigenvalue weighted by Gasteiger charge is 2.32. The number of imide groups is 1. The molecule has 0 radical (unpaired) electrons. The van der Waals surface area contributed by atoms with Crippen LogP contribution in [0.15, 0.2) is 71.2 Å². The van der Waals surface area contributed by atoms with Gasteiger partial charge < -0.3 is 21.1 Å². The second kappa shape index (κ2) is 14.0. The van der Waals surface area contributed by atoms with Crippen molar-refractivity contribution in [3.8, 4) is 0 Å². The Morgan fingerprint density at radius 3 is 2.14 bits per heavy atom. The van der Waals surface area contributed by atoms with Gasteiger partial charge in [0.2, 0.25) is 11.8 Å². The molecule has 0 bridgehead atoms. The third-order valence-corrected chi connectivity index (χ3v) is 7.15. The maximum Gasteiger partial charge on any atom is 0.395 e. The smallest absolute Gasteiger partial charge is 0.395 e. The summed E-state index contributed by atoms with van der Waals surface area (Å²) in [6, 6.07) is 15.4. The summed E-state index contributed by atoms with van der Waals surface area (Å²) in [5, 5.41) is 28.9. The molecule has 12 heteroatoms. The van der Waals surface area contributed by atoms with Crippen LogP contribution >= 0.6 is 15.9 Å². The van der Waals surface area contributed by atoms with Gasteiger partial charge in [0, 0.05) is 18.0 Å². The standard InChI is InChI=1S/C30H30BrN3O8/c1-17(20-8-10-22(31)11-9-20)33(18(2)36)27(37)24(32)16-19-7-12-25(21(15-19)13-14-35)34(28(38)30(41)42)26-6-4-3-5-23(26)29(39)40/h3-12,15,17,24,35H,13-14,16,32H2,1-2H3,(H,39,40)(H,41,42)/t17-,24+/m1/s1. The molecule has 0 saturated carbocycles. The summed E-state index contributed by atoms with van der Waals surface area (Å²) in [5.41, 5.74) is 7.40. The number of hydrogen-bond donors (Lipinski definition) is 4. The number of halogens is 1. The lowest BCUT2D eigenvalue weighted by molar-refractivity contribution is -0.148. The van der Waals surface area contributed by atoms with E-state index >= 15 is 0 Å². The summed E-state index contributed by atoms with van der Waals surface area (Å²) in [6.45, 7) is 2.61. The number of carboxylic acid groups (broad SMARTS) is 2. The number of hydrogen-bond acceptors (Lipinski definition) is 7. The van der Waals surface area contributed by atoms with Gasteiger partial charge in [-0.2, -0.15) is 0 Å². The van der Waals surface area contributed by atoms with E-state index in [1.165, 1.54) is 43.3 Å². The SMILES string of the molecule is CC(=O)N(C(=O)[C@@H](N)Cc1ccc(N(C(=O)C(=O)O)c2ccccc2C(=O)O)c(CCO)c1)[C@H](C)c1ccc(Br)cc1. The molecule has 0 aliphatic carbocycles. The molecule has 5 N–H and O–H groups in total. The minimum Gasteiger partial charge on any atom is -0.478 e. The van der Waals surface area contributed by atoms with Crippen LogP contribution in [0.3, 0.4) is 0 Å². The Bertz CT molecular complexity index is 1510. The molecule has 2 atom stereocenters. The molecule has 0 saturated heterocycles. The first kappa shape index (κ1) is 32.1. The summed E-state index contributed by atoms with van der Waals surface area (Å²) >= 11 is 3.36. The largest absolute Gasteiger partial charge is 0.478 e. The van der Waals surface area contributed by atoms with Gasteiger partial charge >= 0.3 is 17.8 Å². The fourth-order valence-electron chi connectivity index (χ4n) is 4.63. The molecule has 42 heavy (non-hydrogen) atoms. The van der Waals surface area contributed by atoms with E-state index in [0.29, 0.717) is 11.1 Å². The van der Waals surface area contributed by atoms with E-state index in [1.54, 1.807) is 37.3 Å².